The monoisotopic (exact) mass is 279 g/mol. The first kappa shape index (κ1) is 14.0. The summed E-state index contributed by atoms with van der Waals surface area (Å²) in [5.41, 5.74) is 0.506. The predicted octanol–water partition coefficient (Wildman–Crippen LogP) is 2.07. The Labute approximate surface area is 114 Å². The van der Waals surface area contributed by atoms with E-state index in [2.05, 4.69) is 10.1 Å². The van der Waals surface area contributed by atoms with Gasteiger partial charge in [-0.1, -0.05) is 6.92 Å². The number of carboxylic acid groups (broad SMARTS) is 1. The lowest BCUT2D eigenvalue weighted by molar-refractivity contribution is 0.0683. The van der Waals surface area contributed by atoms with Gasteiger partial charge in [0, 0.05) is 12.5 Å². The molecule has 0 saturated heterocycles. The summed E-state index contributed by atoms with van der Waals surface area (Å²) in [6.07, 6.45) is 1.36. The molecule has 1 aromatic heterocycles. The number of aromatic nitrogens is 3. The van der Waals surface area contributed by atoms with E-state index in [0.29, 0.717) is 17.9 Å². The number of benzene rings is 1. The molecule has 0 aliphatic carbocycles. The lowest BCUT2D eigenvalue weighted by Gasteiger charge is -2.07. The third kappa shape index (κ3) is 2.61. The normalized spacial score (nSPS) is 10.6. The Hall–Kier alpha value is -2.44. The molecule has 0 spiro atoms. The fourth-order valence-corrected chi connectivity index (χ4v) is 1.81. The highest BCUT2D eigenvalue weighted by molar-refractivity contribution is 5.83. The number of aromatic carboxylic acids is 1. The molecule has 2 aromatic rings. The number of carboxylic acids is 1. The van der Waals surface area contributed by atoms with Crippen LogP contribution in [0.2, 0.25) is 0 Å². The maximum absolute atomic E-state index is 13.4. The van der Waals surface area contributed by atoms with E-state index in [9.17, 15) is 9.18 Å². The largest absolute Gasteiger partial charge is 0.494 e. The third-order valence-corrected chi connectivity index (χ3v) is 2.72. The Balaban J connectivity index is 2.52. The van der Waals surface area contributed by atoms with Crippen LogP contribution in [0.25, 0.3) is 5.69 Å². The average molecular weight is 279 g/mol. The number of hydrogen-bond donors (Lipinski definition) is 1. The van der Waals surface area contributed by atoms with E-state index in [1.807, 2.05) is 6.92 Å². The summed E-state index contributed by atoms with van der Waals surface area (Å²) < 4.78 is 19.7. The molecule has 0 fully saturated rings. The van der Waals surface area contributed by atoms with Crippen LogP contribution in [-0.2, 0) is 6.42 Å². The van der Waals surface area contributed by atoms with Crippen LogP contribution in [0.1, 0.15) is 29.8 Å². The van der Waals surface area contributed by atoms with Gasteiger partial charge in [-0.3, -0.25) is 0 Å². The Bertz CT molecular complexity index is 640. The molecule has 0 unspecified atom stereocenters. The lowest BCUT2D eigenvalue weighted by Crippen LogP contribution is -2.04. The van der Waals surface area contributed by atoms with E-state index in [1.54, 1.807) is 0 Å². The lowest BCUT2D eigenvalue weighted by atomic mass is 10.2. The summed E-state index contributed by atoms with van der Waals surface area (Å²) in [4.78, 5) is 14.9. The van der Waals surface area contributed by atoms with Gasteiger partial charge in [-0.15, -0.1) is 5.10 Å². The zero-order valence-corrected chi connectivity index (χ0v) is 11.1. The second-order valence-corrected chi connectivity index (χ2v) is 4.14. The second kappa shape index (κ2) is 5.68. The molecule has 0 aliphatic heterocycles. The quantitative estimate of drug-likeness (QED) is 0.906. The van der Waals surface area contributed by atoms with Crippen molar-refractivity contribution in [2.45, 2.75) is 19.8 Å². The zero-order valence-electron chi connectivity index (χ0n) is 11.1. The molecule has 0 amide bonds. The van der Waals surface area contributed by atoms with E-state index >= 15 is 0 Å². The predicted molar refractivity (Wildman–Crippen MR) is 68.8 cm³/mol. The smallest absolute Gasteiger partial charge is 0.375 e. The number of hydrogen-bond acceptors (Lipinski definition) is 4. The number of nitrogens with zero attached hydrogens (tertiary/aromatic N) is 3. The van der Waals surface area contributed by atoms with Crippen molar-refractivity contribution >= 4 is 5.97 Å². The number of aryl methyl sites for hydroxylation is 1. The van der Waals surface area contributed by atoms with Gasteiger partial charge in [0.05, 0.1) is 12.8 Å². The maximum Gasteiger partial charge on any atom is 0.375 e. The van der Waals surface area contributed by atoms with Crippen molar-refractivity contribution in [2.24, 2.45) is 0 Å². The van der Waals surface area contributed by atoms with Crippen LogP contribution in [0.15, 0.2) is 18.2 Å². The maximum atomic E-state index is 13.4. The molecule has 7 heteroatoms. The molecule has 0 atom stereocenters. The van der Waals surface area contributed by atoms with Gasteiger partial charge in [0.1, 0.15) is 5.82 Å². The Morgan fingerprint density at radius 1 is 1.50 bits per heavy atom. The fraction of sp³-hybridized carbons (Fsp3) is 0.308. The van der Waals surface area contributed by atoms with Crippen molar-refractivity contribution in [2.75, 3.05) is 7.11 Å². The Morgan fingerprint density at radius 2 is 2.25 bits per heavy atom. The van der Waals surface area contributed by atoms with Crippen molar-refractivity contribution < 1.29 is 19.0 Å². The molecular weight excluding hydrogens is 265 g/mol. The zero-order chi connectivity index (χ0) is 14.7. The number of rotatable bonds is 5. The van der Waals surface area contributed by atoms with Gasteiger partial charge in [-0.2, -0.15) is 0 Å². The minimum absolute atomic E-state index is 0.0670. The van der Waals surface area contributed by atoms with Gasteiger partial charge in [0.15, 0.2) is 11.6 Å². The third-order valence-electron chi connectivity index (χ3n) is 2.72. The molecule has 1 heterocycles. The molecule has 6 nitrogen and oxygen atoms in total. The minimum Gasteiger partial charge on any atom is -0.494 e. The van der Waals surface area contributed by atoms with E-state index in [0.717, 1.165) is 6.42 Å². The first-order valence-corrected chi connectivity index (χ1v) is 6.10. The SMILES string of the molecule is CCCc1nc(C(=O)O)nn1-c1ccc(F)c(OC)c1. The van der Waals surface area contributed by atoms with E-state index in [-0.39, 0.29) is 11.6 Å². The molecule has 1 aromatic carbocycles. The summed E-state index contributed by atoms with van der Waals surface area (Å²) >= 11 is 0. The van der Waals surface area contributed by atoms with Gasteiger partial charge >= 0.3 is 5.97 Å². The van der Waals surface area contributed by atoms with Crippen molar-refractivity contribution in [3.63, 3.8) is 0 Å². The van der Waals surface area contributed by atoms with Crippen molar-refractivity contribution in [3.05, 3.63) is 35.7 Å². The molecule has 0 saturated carbocycles. The highest BCUT2D eigenvalue weighted by atomic mass is 19.1. The van der Waals surface area contributed by atoms with Gasteiger partial charge in [-0.25, -0.2) is 18.9 Å². The summed E-state index contributed by atoms with van der Waals surface area (Å²) in [7, 11) is 1.36. The summed E-state index contributed by atoms with van der Waals surface area (Å²) in [5.74, 6) is -1.39. The minimum atomic E-state index is -1.20. The van der Waals surface area contributed by atoms with Crippen LogP contribution in [0.4, 0.5) is 4.39 Å². The molecule has 2 rings (SSSR count). The van der Waals surface area contributed by atoms with Crippen molar-refractivity contribution in [1.29, 1.82) is 0 Å². The van der Waals surface area contributed by atoms with Gasteiger partial charge in [0.2, 0.25) is 0 Å². The van der Waals surface area contributed by atoms with Crippen molar-refractivity contribution in [1.82, 2.24) is 14.8 Å². The van der Waals surface area contributed by atoms with Crippen LogP contribution >= 0.6 is 0 Å². The second-order valence-electron chi connectivity index (χ2n) is 4.14. The van der Waals surface area contributed by atoms with Crippen LogP contribution in [0.5, 0.6) is 5.75 Å². The first-order valence-electron chi connectivity index (χ1n) is 6.10. The molecular formula is C13H14FN3O3. The van der Waals surface area contributed by atoms with Crippen LogP contribution in [-0.4, -0.2) is 33.0 Å². The fourth-order valence-electron chi connectivity index (χ4n) is 1.81. The van der Waals surface area contributed by atoms with Crippen molar-refractivity contribution in [3.8, 4) is 11.4 Å². The summed E-state index contributed by atoms with van der Waals surface area (Å²) in [5, 5.41) is 12.9. The molecule has 1 N–H and O–H groups in total. The number of methoxy groups -OCH3 is 1. The number of carbonyl (C=O) groups is 1. The van der Waals surface area contributed by atoms with Gasteiger partial charge in [0.25, 0.3) is 5.82 Å². The number of halogens is 1. The Kier molecular flexibility index (Phi) is 3.97. The highest BCUT2D eigenvalue weighted by Gasteiger charge is 2.17. The topological polar surface area (TPSA) is 77.2 Å². The Morgan fingerprint density at radius 3 is 2.85 bits per heavy atom. The highest BCUT2D eigenvalue weighted by Crippen LogP contribution is 2.21. The molecule has 20 heavy (non-hydrogen) atoms. The van der Waals surface area contributed by atoms with Gasteiger partial charge < -0.3 is 9.84 Å². The first-order chi connectivity index (χ1) is 9.56. The molecule has 106 valence electrons. The van der Waals surface area contributed by atoms with E-state index in [4.69, 9.17) is 9.84 Å². The van der Waals surface area contributed by atoms with Crippen LogP contribution in [0, 0.1) is 5.82 Å². The van der Waals surface area contributed by atoms with E-state index < -0.39 is 11.8 Å². The molecule has 0 bridgehead atoms. The molecule has 0 radical (unpaired) electrons. The number of ether oxygens (including phenoxy) is 1. The standard InChI is InChI=1S/C13H14FN3O3/c1-3-4-11-15-12(13(18)19)16-17(11)8-5-6-9(14)10(7-8)20-2/h5-7H,3-4H2,1-2H3,(H,18,19). The van der Waals surface area contributed by atoms with Crippen LogP contribution in [0.3, 0.4) is 0 Å². The molecule has 0 aliphatic rings. The van der Waals surface area contributed by atoms with Gasteiger partial charge in [-0.05, 0) is 18.6 Å². The summed E-state index contributed by atoms with van der Waals surface area (Å²) in [6, 6.07) is 4.19. The van der Waals surface area contributed by atoms with E-state index in [1.165, 1.54) is 30.0 Å². The van der Waals surface area contributed by atoms with Crippen LogP contribution < -0.4 is 4.74 Å². The summed E-state index contributed by atoms with van der Waals surface area (Å²) in [6.45, 7) is 1.95. The average Bonchev–Trinajstić information content (AvgIpc) is 2.84.